The zero-order valence-electron chi connectivity index (χ0n) is 23.8. The van der Waals surface area contributed by atoms with Gasteiger partial charge in [0.1, 0.15) is 44.0 Å². The molecule has 9 nitrogen and oxygen atoms in total. The van der Waals surface area contributed by atoms with Gasteiger partial charge >= 0.3 is 5.97 Å². The number of carbonyl (C=O) groups is 1. The second-order valence-corrected chi connectivity index (χ2v) is 9.86. The van der Waals surface area contributed by atoms with E-state index in [2.05, 4.69) is 0 Å². The van der Waals surface area contributed by atoms with Gasteiger partial charge < -0.3 is 38.3 Å². The number of hydrogen-bond donors (Lipinski definition) is 1. The van der Waals surface area contributed by atoms with Crippen LogP contribution in [-0.4, -0.2) is 49.7 Å². The Hall–Kier alpha value is -4.73. The smallest absolute Gasteiger partial charge is 0.308 e. The molecule has 4 aromatic carbocycles. The number of rotatable bonds is 11. The molecule has 6 rings (SSSR count). The van der Waals surface area contributed by atoms with E-state index in [4.69, 9.17) is 38.3 Å². The van der Waals surface area contributed by atoms with Crippen molar-refractivity contribution in [3.8, 4) is 34.5 Å². The lowest BCUT2D eigenvalue weighted by atomic mass is 10.2. The largest absolute Gasteiger partial charge is 0.489 e. The molecular weight excluding hydrogens is 552 g/mol. The van der Waals surface area contributed by atoms with E-state index in [9.17, 15) is 4.79 Å². The van der Waals surface area contributed by atoms with Gasteiger partial charge in [-0.05, 0) is 35.4 Å². The molecule has 9 heteroatoms. The molecule has 1 N–H and O–H groups in total. The first-order chi connectivity index (χ1) is 21.1. The highest BCUT2D eigenvalue weighted by Crippen LogP contribution is 2.35. The Bertz CT molecular complexity index is 1460. The predicted molar refractivity (Wildman–Crippen MR) is 158 cm³/mol. The Morgan fingerprint density at radius 3 is 1.98 bits per heavy atom. The molecule has 0 bridgehead atoms. The molecule has 0 aliphatic carbocycles. The molecule has 0 amide bonds. The average Bonchev–Trinajstić information content (AvgIpc) is 3.88. The minimum atomic E-state index is -0.405. The topological polar surface area (TPSA) is 105 Å². The molecule has 1 fully saturated rings. The minimum absolute atomic E-state index is 0.0610. The number of aliphatic hydroxyl groups is 1. The van der Waals surface area contributed by atoms with Crippen molar-refractivity contribution < 1.29 is 43.1 Å². The standard InChI is InChI=1S/C18H18O5.C16H16O4/c1-13(19)23-18-9-15(20-10-14-5-3-2-4-6-14)7-8-17(18)22-12-16-11-21-16;17-9-14-11-19-15-7-6-13(8-16(15)20-14)18-10-12-4-2-1-3-5-12/h2-9,16H,10-12H2,1H3;1-8,14,17H,9-11H2/t16-;14-/m01/s1. The van der Waals surface area contributed by atoms with Crippen LogP contribution in [0.2, 0.25) is 0 Å². The number of epoxide rings is 1. The van der Waals surface area contributed by atoms with Crippen molar-refractivity contribution in [2.45, 2.75) is 32.3 Å². The maximum absolute atomic E-state index is 11.3. The SMILES string of the molecule is CC(=O)Oc1cc(OCc2ccccc2)ccc1OC[C@@H]1CO1.OC[C@@H]1COc2ccc(OCc3ccccc3)cc2O1. The maximum Gasteiger partial charge on any atom is 0.308 e. The van der Waals surface area contributed by atoms with Crippen LogP contribution in [0.4, 0.5) is 0 Å². The Morgan fingerprint density at radius 2 is 1.37 bits per heavy atom. The Morgan fingerprint density at radius 1 is 0.744 bits per heavy atom. The molecule has 2 heterocycles. The molecular formula is C34H34O9. The lowest BCUT2D eigenvalue weighted by Gasteiger charge is -2.25. The van der Waals surface area contributed by atoms with Crippen LogP contribution in [0.3, 0.4) is 0 Å². The first-order valence-corrected chi connectivity index (χ1v) is 14.0. The molecule has 0 unspecified atom stereocenters. The van der Waals surface area contributed by atoms with Gasteiger partial charge in [-0.2, -0.15) is 0 Å². The number of esters is 1. The van der Waals surface area contributed by atoms with E-state index < -0.39 is 5.97 Å². The fourth-order valence-corrected chi connectivity index (χ4v) is 4.04. The summed E-state index contributed by atoms with van der Waals surface area (Å²) < 4.78 is 38.5. The molecule has 2 aliphatic heterocycles. The minimum Gasteiger partial charge on any atom is -0.489 e. The average molecular weight is 587 g/mol. The fourth-order valence-electron chi connectivity index (χ4n) is 4.04. The molecule has 1 saturated heterocycles. The summed E-state index contributed by atoms with van der Waals surface area (Å²) in [4.78, 5) is 11.3. The lowest BCUT2D eigenvalue weighted by Crippen LogP contribution is -2.32. The molecule has 224 valence electrons. The molecule has 43 heavy (non-hydrogen) atoms. The van der Waals surface area contributed by atoms with Crippen LogP contribution < -0.4 is 28.4 Å². The highest BCUT2D eigenvalue weighted by Gasteiger charge is 2.24. The molecule has 2 atom stereocenters. The number of carbonyl (C=O) groups excluding carboxylic acids is 1. The summed E-state index contributed by atoms with van der Waals surface area (Å²) in [7, 11) is 0. The monoisotopic (exact) mass is 586 g/mol. The van der Waals surface area contributed by atoms with Crippen LogP contribution in [0.1, 0.15) is 18.1 Å². The number of ether oxygens (including phenoxy) is 7. The Labute approximate surface area is 250 Å². The van der Waals surface area contributed by atoms with Gasteiger partial charge in [0, 0.05) is 19.1 Å². The van der Waals surface area contributed by atoms with Gasteiger partial charge in [0.25, 0.3) is 0 Å². The van der Waals surface area contributed by atoms with E-state index in [0.29, 0.717) is 61.8 Å². The zero-order chi connectivity index (χ0) is 29.9. The van der Waals surface area contributed by atoms with E-state index >= 15 is 0 Å². The normalized spacial score (nSPS) is 16.2. The van der Waals surface area contributed by atoms with Gasteiger partial charge in [-0.3, -0.25) is 4.79 Å². The van der Waals surface area contributed by atoms with Crippen molar-refractivity contribution in [1.82, 2.24) is 0 Å². The van der Waals surface area contributed by atoms with E-state index in [1.54, 1.807) is 24.3 Å². The number of benzene rings is 4. The van der Waals surface area contributed by atoms with Crippen molar-refractivity contribution in [3.63, 3.8) is 0 Å². The van der Waals surface area contributed by atoms with Gasteiger partial charge in [-0.15, -0.1) is 0 Å². The van der Waals surface area contributed by atoms with Crippen molar-refractivity contribution in [1.29, 1.82) is 0 Å². The third-order valence-corrected chi connectivity index (χ3v) is 6.33. The molecule has 0 aromatic heterocycles. The van der Waals surface area contributed by atoms with Crippen molar-refractivity contribution in [3.05, 3.63) is 108 Å². The third-order valence-electron chi connectivity index (χ3n) is 6.33. The first kappa shape index (κ1) is 29.8. The molecule has 0 saturated carbocycles. The summed E-state index contributed by atoms with van der Waals surface area (Å²) in [6.07, 6.45) is -0.180. The summed E-state index contributed by atoms with van der Waals surface area (Å²) in [6, 6.07) is 30.5. The summed E-state index contributed by atoms with van der Waals surface area (Å²) >= 11 is 0. The van der Waals surface area contributed by atoms with Crippen molar-refractivity contribution in [2.75, 3.05) is 26.4 Å². The van der Waals surface area contributed by atoms with Crippen LogP contribution in [0, 0.1) is 0 Å². The van der Waals surface area contributed by atoms with Gasteiger partial charge in [0.05, 0.1) is 13.2 Å². The predicted octanol–water partition coefficient (Wildman–Crippen LogP) is 5.37. The van der Waals surface area contributed by atoms with Crippen LogP contribution >= 0.6 is 0 Å². The lowest BCUT2D eigenvalue weighted by molar-refractivity contribution is -0.132. The molecule has 0 radical (unpaired) electrons. The third kappa shape index (κ3) is 9.39. The van der Waals surface area contributed by atoms with E-state index in [0.717, 1.165) is 16.9 Å². The summed E-state index contributed by atoms with van der Waals surface area (Å²) in [6.45, 7) is 3.76. The fraction of sp³-hybridized carbons (Fsp3) is 0.265. The Balaban J connectivity index is 0.000000173. The van der Waals surface area contributed by atoms with E-state index in [1.165, 1.54) is 6.92 Å². The number of aliphatic hydroxyl groups excluding tert-OH is 1. The van der Waals surface area contributed by atoms with Gasteiger partial charge in [0.15, 0.2) is 29.1 Å². The highest BCUT2D eigenvalue weighted by atomic mass is 16.6. The molecule has 4 aromatic rings. The number of hydrogen-bond acceptors (Lipinski definition) is 9. The van der Waals surface area contributed by atoms with E-state index in [-0.39, 0.29) is 18.8 Å². The van der Waals surface area contributed by atoms with Gasteiger partial charge in [-0.1, -0.05) is 60.7 Å². The van der Waals surface area contributed by atoms with Crippen LogP contribution in [-0.2, 0) is 22.7 Å². The highest BCUT2D eigenvalue weighted by molar-refractivity contribution is 5.70. The van der Waals surface area contributed by atoms with Crippen molar-refractivity contribution in [2.24, 2.45) is 0 Å². The van der Waals surface area contributed by atoms with Gasteiger partial charge in [-0.25, -0.2) is 0 Å². The summed E-state index contributed by atoms with van der Waals surface area (Å²) in [5.74, 6) is 3.07. The van der Waals surface area contributed by atoms with Crippen molar-refractivity contribution >= 4 is 5.97 Å². The quantitative estimate of drug-likeness (QED) is 0.141. The van der Waals surface area contributed by atoms with Crippen LogP contribution in [0.15, 0.2) is 97.1 Å². The van der Waals surface area contributed by atoms with Crippen LogP contribution in [0.25, 0.3) is 0 Å². The summed E-state index contributed by atoms with van der Waals surface area (Å²) in [5, 5.41) is 9.10. The maximum atomic E-state index is 11.3. The van der Waals surface area contributed by atoms with Gasteiger partial charge in [0.2, 0.25) is 0 Å². The second-order valence-electron chi connectivity index (χ2n) is 9.86. The second kappa shape index (κ2) is 14.9. The molecule has 2 aliphatic rings. The number of fused-ring (bicyclic) bond motifs is 1. The van der Waals surface area contributed by atoms with Crippen LogP contribution in [0.5, 0.6) is 34.5 Å². The Kier molecular flexibility index (Phi) is 10.3. The summed E-state index contributed by atoms with van der Waals surface area (Å²) in [5.41, 5.74) is 2.17. The molecule has 0 spiro atoms. The van der Waals surface area contributed by atoms with E-state index in [1.807, 2.05) is 72.8 Å². The first-order valence-electron chi connectivity index (χ1n) is 14.0. The zero-order valence-corrected chi connectivity index (χ0v) is 23.8.